The van der Waals surface area contributed by atoms with E-state index in [4.69, 9.17) is 0 Å². The van der Waals surface area contributed by atoms with Crippen LogP contribution >= 0.6 is 0 Å². The molecule has 1 aliphatic heterocycles. The summed E-state index contributed by atoms with van der Waals surface area (Å²) in [7, 11) is -3.43. The molecule has 1 aromatic rings. The van der Waals surface area contributed by atoms with Gasteiger partial charge in [0.05, 0.1) is 6.20 Å². The van der Waals surface area contributed by atoms with Crippen molar-refractivity contribution in [3.05, 3.63) is 12.0 Å². The molecule has 6 nitrogen and oxygen atoms in total. The Bertz CT molecular complexity index is 448. The maximum atomic E-state index is 11.8. The molecule has 2 rings (SSSR count). The van der Waals surface area contributed by atoms with Crippen LogP contribution in [0.1, 0.15) is 18.7 Å². The summed E-state index contributed by atoms with van der Waals surface area (Å²) in [6, 6.07) is 0.249. The molecule has 0 aliphatic carbocycles. The molecule has 1 fully saturated rings. The molecule has 16 heavy (non-hydrogen) atoms. The second-order valence-electron chi connectivity index (χ2n) is 3.98. The van der Waals surface area contributed by atoms with Gasteiger partial charge in [0.15, 0.2) is 5.03 Å². The number of imidazole rings is 1. The Hall–Kier alpha value is -0.920. The van der Waals surface area contributed by atoms with E-state index in [2.05, 4.69) is 20.0 Å². The Morgan fingerprint density at radius 2 is 2.44 bits per heavy atom. The van der Waals surface area contributed by atoms with Crippen LogP contribution in [-0.2, 0) is 10.0 Å². The van der Waals surface area contributed by atoms with Crippen molar-refractivity contribution in [2.45, 2.75) is 30.8 Å². The molecule has 1 saturated heterocycles. The Kier molecular flexibility index (Phi) is 3.27. The number of nitrogens with zero attached hydrogens (tertiary/aromatic N) is 1. The van der Waals surface area contributed by atoms with Crippen LogP contribution < -0.4 is 10.0 Å². The second kappa shape index (κ2) is 4.52. The average molecular weight is 244 g/mol. The monoisotopic (exact) mass is 244 g/mol. The van der Waals surface area contributed by atoms with Gasteiger partial charge < -0.3 is 10.3 Å². The normalized spacial score (nSPS) is 21.4. The Morgan fingerprint density at radius 1 is 1.62 bits per heavy atom. The molecule has 3 N–H and O–H groups in total. The Labute approximate surface area is 94.9 Å². The molecule has 0 aromatic carbocycles. The fraction of sp³-hybridized carbons (Fsp3) is 0.667. The molecule has 1 unspecified atom stereocenters. The SMILES string of the molecule is Cc1ncc(S(=O)(=O)NCC2CCCN2)[nH]1. The van der Waals surface area contributed by atoms with E-state index < -0.39 is 10.0 Å². The van der Waals surface area contributed by atoms with Gasteiger partial charge in [-0.1, -0.05) is 0 Å². The first-order valence-corrected chi connectivity index (χ1v) is 6.81. The van der Waals surface area contributed by atoms with E-state index in [9.17, 15) is 8.42 Å². The van der Waals surface area contributed by atoms with Crippen molar-refractivity contribution in [2.24, 2.45) is 0 Å². The number of nitrogens with one attached hydrogen (secondary N) is 3. The van der Waals surface area contributed by atoms with Crippen molar-refractivity contribution < 1.29 is 8.42 Å². The van der Waals surface area contributed by atoms with E-state index in [-0.39, 0.29) is 11.1 Å². The fourth-order valence-corrected chi connectivity index (χ4v) is 2.80. The summed E-state index contributed by atoms with van der Waals surface area (Å²) in [5.41, 5.74) is 0. The summed E-state index contributed by atoms with van der Waals surface area (Å²) < 4.78 is 26.2. The second-order valence-corrected chi connectivity index (χ2v) is 5.71. The maximum absolute atomic E-state index is 11.8. The minimum atomic E-state index is -3.43. The van der Waals surface area contributed by atoms with Crippen molar-refractivity contribution in [3.8, 4) is 0 Å². The van der Waals surface area contributed by atoms with Gasteiger partial charge in [-0.25, -0.2) is 18.1 Å². The van der Waals surface area contributed by atoms with Gasteiger partial charge in [-0.3, -0.25) is 0 Å². The number of sulfonamides is 1. The molecule has 2 heterocycles. The largest absolute Gasteiger partial charge is 0.332 e. The van der Waals surface area contributed by atoms with Crippen LogP contribution in [-0.4, -0.2) is 37.5 Å². The molecule has 1 atom stereocenters. The minimum Gasteiger partial charge on any atom is -0.332 e. The molecule has 7 heteroatoms. The van der Waals surface area contributed by atoms with Gasteiger partial charge >= 0.3 is 0 Å². The maximum Gasteiger partial charge on any atom is 0.257 e. The van der Waals surface area contributed by atoms with Crippen LogP contribution in [0.4, 0.5) is 0 Å². The van der Waals surface area contributed by atoms with Gasteiger partial charge in [-0.2, -0.15) is 0 Å². The summed E-state index contributed by atoms with van der Waals surface area (Å²) in [6.45, 7) is 3.12. The predicted molar refractivity (Wildman–Crippen MR) is 59.5 cm³/mol. The van der Waals surface area contributed by atoms with Crippen molar-refractivity contribution in [1.29, 1.82) is 0 Å². The number of H-pyrrole nitrogens is 1. The van der Waals surface area contributed by atoms with E-state index in [1.54, 1.807) is 6.92 Å². The summed E-state index contributed by atoms with van der Waals surface area (Å²) in [4.78, 5) is 6.58. The van der Waals surface area contributed by atoms with E-state index in [0.717, 1.165) is 19.4 Å². The third-order valence-electron chi connectivity index (χ3n) is 2.65. The molecule has 90 valence electrons. The van der Waals surface area contributed by atoms with E-state index in [1.165, 1.54) is 6.20 Å². The highest BCUT2D eigenvalue weighted by molar-refractivity contribution is 7.89. The molecule has 0 bridgehead atoms. The molecular formula is C9H16N4O2S. The molecule has 1 aromatic heterocycles. The fourth-order valence-electron chi connectivity index (χ4n) is 1.75. The number of hydrogen-bond donors (Lipinski definition) is 3. The first-order valence-electron chi connectivity index (χ1n) is 5.32. The highest BCUT2D eigenvalue weighted by atomic mass is 32.2. The molecule has 0 radical (unpaired) electrons. The van der Waals surface area contributed by atoms with Gasteiger partial charge in [0.2, 0.25) is 0 Å². The highest BCUT2D eigenvalue weighted by Gasteiger charge is 2.20. The van der Waals surface area contributed by atoms with Crippen LogP contribution in [0.2, 0.25) is 0 Å². The zero-order chi connectivity index (χ0) is 11.6. The van der Waals surface area contributed by atoms with E-state index in [0.29, 0.717) is 12.4 Å². The van der Waals surface area contributed by atoms with Gasteiger partial charge in [0, 0.05) is 12.6 Å². The molecule has 0 amide bonds. The quantitative estimate of drug-likeness (QED) is 0.681. The summed E-state index contributed by atoms with van der Waals surface area (Å²) in [6.07, 6.45) is 3.46. The van der Waals surface area contributed by atoms with Gasteiger partial charge in [0.1, 0.15) is 5.82 Å². The number of rotatable bonds is 4. The topological polar surface area (TPSA) is 86.9 Å². The highest BCUT2D eigenvalue weighted by Crippen LogP contribution is 2.07. The minimum absolute atomic E-state index is 0.128. The number of aromatic nitrogens is 2. The van der Waals surface area contributed by atoms with Crippen LogP contribution in [0.5, 0.6) is 0 Å². The molecule has 0 spiro atoms. The van der Waals surface area contributed by atoms with E-state index in [1.807, 2.05) is 0 Å². The van der Waals surface area contributed by atoms with Gasteiger partial charge in [-0.05, 0) is 26.3 Å². The molecular weight excluding hydrogens is 228 g/mol. The number of aromatic amines is 1. The average Bonchev–Trinajstić information content (AvgIpc) is 2.85. The lowest BCUT2D eigenvalue weighted by atomic mass is 10.2. The first kappa shape index (κ1) is 11.6. The van der Waals surface area contributed by atoms with Crippen molar-refractivity contribution in [1.82, 2.24) is 20.0 Å². The molecule has 1 aliphatic rings. The first-order chi connectivity index (χ1) is 7.58. The predicted octanol–water partition coefficient (Wildman–Crippen LogP) is -0.252. The lowest BCUT2D eigenvalue weighted by Gasteiger charge is -2.10. The smallest absolute Gasteiger partial charge is 0.257 e. The van der Waals surface area contributed by atoms with Crippen molar-refractivity contribution in [3.63, 3.8) is 0 Å². The van der Waals surface area contributed by atoms with Crippen molar-refractivity contribution >= 4 is 10.0 Å². The number of aryl methyl sites for hydroxylation is 1. The standard InChI is InChI=1S/C9H16N4O2S/c1-7-11-6-9(13-7)16(14,15)12-5-8-3-2-4-10-8/h6,8,10,12H,2-5H2,1H3,(H,11,13). The van der Waals surface area contributed by atoms with Crippen LogP contribution in [0.3, 0.4) is 0 Å². The molecule has 0 saturated carbocycles. The summed E-state index contributed by atoms with van der Waals surface area (Å²) in [5, 5.41) is 3.36. The lowest BCUT2D eigenvalue weighted by Crippen LogP contribution is -2.37. The zero-order valence-electron chi connectivity index (χ0n) is 9.16. The Morgan fingerprint density at radius 3 is 3.00 bits per heavy atom. The van der Waals surface area contributed by atoms with Crippen molar-refractivity contribution in [2.75, 3.05) is 13.1 Å². The lowest BCUT2D eigenvalue weighted by molar-refractivity contribution is 0.549. The summed E-state index contributed by atoms with van der Waals surface area (Å²) in [5.74, 6) is 0.597. The third kappa shape index (κ3) is 2.60. The summed E-state index contributed by atoms with van der Waals surface area (Å²) >= 11 is 0. The van der Waals surface area contributed by atoms with Crippen LogP contribution in [0.25, 0.3) is 0 Å². The van der Waals surface area contributed by atoms with Crippen LogP contribution in [0.15, 0.2) is 11.2 Å². The van der Waals surface area contributed by atoms with Crippen LogP contribution in [0, 0.1) is 6.92 Å². The Balaban J connectivity index is 1.97. The van der Waals surface area contributed by atoms with Gasteiger partial charge in [0.25, 0.3) is 10.0 Å². The zero-order valence-corrected chi connectivity index (χ0v) is 9.97. The van der Waals surface area contributed by atoms with Gasteiger partial charge in [-0.15, -0.1) is 0 Å². The number of hydrogen-bond acceptors (Lipinski definition) is 4. The van der Waals surface area contributed by atoms with E-state index >= 15 is 0 Å². The third-order valence-corrected chi connectivity index (χ3v) is 3.98.